The number of nitrogens with zero attached hydrogens (tertiary/aromatic N) is 1. The molecule has 0 aromatic carbocycles. The Bertz CT molecular complexity index is 246. The van der Waals surface area contributed by atoms with Crippen LogP contribution in [0.3, 0.4) is 0 Å². The van der Waals surface area contributed by atoms with Gasteiger partial charge in [0.2, 0.25) is 5.91 Å². The summed E-state index contributed by atoms with van der Waals surface area (Å²) in [5.41, 5.74) is 0. The van der Waals surface area contributed by atoms with E-state index in [4.69, 9.17) is 4.74 Å². The fourth-order valence-corrected chi connectivity index (χ4v) is 2.46. The second kappa shape index (κ2) is 6.97. The van der Waals surface area contributed by atoms with Crippen LogP contribution in [-0.4, -0.2) is 42.8 Å². The molecule has 1 N–H and O–H groups in total. The summed E-state index contributed by atoms with van der Waals surface area (Å²) in [5.74, 6) is 0.259. The molecule has 1 aliphatic heterocycles. The van der Waals surface area contributed by atoms with Crippen molar-refractivity contribution in [2.45, 2.75) is 64.7 Å². The Morgan fingerprint density at radius 1 is 1.53 bits per heavy atom. The van der Waals surface area contributed by atoms with Crippen molar-refractivity contribution >= 4 is 5.91 Å². The van der Waals surface area contributed by atoms with Gasteiger partial charge in [-0.05, 0) is 26.7 Å². The van der Waals surface area contributed by atoms with Crippen LogP contribution in [0.2, 0.25) is 0 Å². The molecule has 0 aromatic heterocycles. The van der Waals surface area contributed by atoms with Gasteiger partial charge in [0.05, 0.1) is 12.2 Å². The molecule has 1 rings (SSSR count). The zero-order chi connectivity index (χ0) is 12.8. The van der Waals surface area contributed by atoms with Crippen molar-refractivity contribution in [3.8, 4) is 0 Å². The third-order valence-corrected chi connectivity index (χ3v) is 3.47. The summed E-state index contributed by atoms with van der Waals surface area (Å²) < 4.78 is 5.08. The van der Waals surface area contributed by atoms with Crippen LogP contribution in [-0.2, 0) is 9.53 Å². The highest BCUT2D eigenvalue weighted by Gasteiger charge is 2.38. The standard InChI is InChI=1S/C13H26N2O2/c1-5-6-7-12-13(16)15(11(3)14-12)10(2)8-9-17-4/h10-12,14H,5-9H2,1-4H3. The van der Waals surface area contributed by atoms with E-state index in [1.165, 1.54) is 0 Å². The van der Waals surface area contributed by atoms with Crippen molar-refractivity contribution in [2.75, 3.05) is 13.7 Å². The van der Waals surface area contributed by atoms with Gasteiger partial charge >= 0.3 is 0 Å². The summed E-state index contributed by atoms with van der Waals surface area (Å²) >= 11 is 0. The Morgan fingerprint density at radius 2 is 2.24 bits per heavy atom. The highest BCUT2D eigenvalue weighted by molar-refractivity contribution is 5.84. The number of carbonyl (C=O) groups is 1. The molecular formula is C13H26N2O2. The minimum atomic E-state index is 0.0231. The molecule has 1 heterocycles. The van der Waals surface area contributed by atoms with Gasteiger partial charge in [0.15, 0.2) is 0 Å². The lowest BCUT2D eigenvalue weighted by Gasteiger charge is -2.28. The number of hydrogen-bond donors (Lipinski definition) is 1. The number of hydrogen-bond acceptors (Lipinski definition) is 3. The number of rotatable bonds is 7. The predicted octanol–water partition coefficient (Wildman–Crippen LogP) is 1.75. The van der Waals surface area contributed by atoms with E-state index in [2.05, 4.69) is 26.1 Å². The fourth-order valence-electron chi connectivity index (χ4n) is 2.46. The second-order valence-corrected chi connectivity index (χ2v) is 4.91. The first-order valence-corrected chi connectivity index (χ1v) is 6.69. The Balaban J connectivity index is 2.52. The Labute approximate surface area is 105 Å². The summed E-state index contributed by atoms with van der Waals surface area (Å²) in [6.07, 6.45) is 4.24. The minimum Gasteiger partial charge on any atom is -0.385 e. The number of unbranched alkanes of at least 4 members (excludes halogenated alkanes) is 1. The maximum absolute atomic E-state index is 12.2. The lowest BCUT2D eigenvalue weighted by atomic mass is 10.1. The maximum Gasteiger partial charge on any atom is 0.241 e. The molecule has 1 amide bonds. The first kappa shape index (κ1) is 14.5. The van der Waals surface area contributed by atoms with Gasteiger partial charge in [-0.3, -0.25) is 10.1 Å². The van der Waals surface area contributed by atoms with Crippen LogP contribution in [0.15, 0.2) is 0 Å². The van der Waals surface area contributed by atoms with Crippen LogP contribution in [0.1, 0.15) is 46.5 Å². The van der Waals surface area contributed by atoms with Gasteiger partial charge < -0.3 is 9.64 Å². The molecule has 0 spiro atoms. The van der Waals surface area contributed by atoms with E-state index in [9.17, 15) is 4.79 Å². The first-order chi connectivity index (χ1) is 8.11. The molecule has 4 nitrogen and oxygen atoms in total. The third kappa shape index (κ3) is 3.68. The average molecular weight is 242 g/mol. The van der Waals surface area contributed by atoms with Crippen molar-refractivity contribution in [3.63, 3.8) is 0 Å². The predicted molar refractivity (Wildman–Crippen MR) is 68.7 cm³/mol. The zero-order valence-electron chi connectivity index (χ0n) is 11.5. The zero-order valence-corrected chi connectivity index (χ0v) is 11.5. The number of ether oxygens (including phenoxy) is 1. The van der Waals surface area contributed by atoms with Gasteiger partial charge in [-0.25, -0.2) is 0 Å². The van der Waals surface area contributed by atoms with Gasteiger partial charge in [0.25, 0.3) is 0 Å². The maximum atomic E-state index is 12.2. The summed E-state index contributed by atoms with van der Waals surface area (Å²) in [6, 6.07) is 0.270. The molecule has 1 fully saturated rings. The van der Waals surface area contributed by atoms with Crippen LogP contribution in [0.5, 0.6) is 0 Å². The fraction of sp³-hybridized carbons (Fsp3) is 0.923. The van der Waals surface area contributed by atoms with E-state index < -0.39 is 0 Å². The highest BCUT2D eigenvalue weighted by atomic mass is 16.5. The SMILES string of the molecule is CCCCC1NC(C)N(C(C)CCOC)C1=O. The molecule has 0 aromatic rings. The van der Waals surface area contributed by atoms with Gasteiger partial charge in [-0.15, -0.1) is 0 Å². The largest absolute Gasteiger partial charge is 0.385 e. The van der Waals surface area contributed by atoms with Crippen molar-refractivity contribution in [2.24, 2.45) is 0 Å². The van der Waals surface area contributed by atoms with E-state index in [-0.39, 0.29) is 24.2 Å². The van der Waals surface area contributed by atoms with Crippen LogP contribution in [0.25, 0.3) is 0 Å². The van der Waals surface area contributed by atoms with Crippen molar-refractivity contribution < 1.29 is 9.53 Å². The molecule has 3 unspecified atom stereocenters. The Hall–Kier alpha value is -0.610. The van der Waals surface area contributed by atoms with Crippen LogP contribution >= 0.6 is 0 Å². The van der Waals surface area contributed by atoms with Gasteiger partial charge in [-0.2, -0.15) is 0 Å². The Kier molecular flexibility index (Phi) is 5.92. The smallest absolute Gasteiger partial charge is 0.241 e. The molecular weight excluding hydrogens is 216 g/mol. The molecule has 1 saturated heterocycles. The molecule has 0 bridgehead atoms. The molecule has 0 radical (unpaired) electrons. The van der Waals surface area contributed by atoms with Gasteiger partial charge in [0.1, 0.15) is 0 Å². The van der Waals surface area contributed by atoms with E-state index in [0.717, 1.165) is 25.7 Å². The summed E-state index contributed by atoms with van der Waals surface area (Å²) in [5, 5.41) is 3.38. The third-order valence-electron chi connectivity index (χ3n) is 3.47. The Morgan fingerprint density at radius 3 is 2.82 bits per heavy atom. The molecule has 0 aliphatic carbocycles. The highest BCUT2D eigenvalue weighted by Crippen LogP contribution is 2.19. The number of methoxy groups -OCH3 is 1. The normalized spacial score (nSPS) is 26.6. The minimum absolute atomic E-state index is 0.0231. The number of nitrogens with one attached hydrogen (secondary N) is 1. The van der Waals surface area contributed by atoms with E-state index in [1.54, 1.807) is 7.11 Å². The monoisotopic (exact) mass is 242 g/mol. The summed E-state index contributed by atoms with van der Waals surface area (Å²) in [6.45, 7) is 7.02. The van der Waals surface area contributed by atoms with Crippen molar-refractivity contribution in [3.05, 3.63) is 0 Å². The molecule has 0 saturated carbocycles. The second-order valence-electron chi connectivity index (χ2n) is 4.91. The molecule has 1 aliphatic rings. The quantitative estimate of drug-likeness (QED) is 0.739. The van der Waals surface area contributed by atoms with Crippen molar-refractivity contribution in [1.29, 1.82) is 0 Å². The van der Waals surface area contributed by atoms with E-state index >= 15 is 0 Å². The van der Waals surface area contributed by atoms with Crippen molar-refractivity contribution in [1.82, 2.24) is 10.2 Å². The van der Waals surface area contributed by atoms with Gasteiger partial charge in [-0.1, -0.05) is 19.8 Å². The topological polar surface area (TPSA) is 41.6 Å². The van der Waals surface area contributed by atoms with E-state index in [0.29, 0.717) is 6.61 Å². The molecule has 100 valence electrons. The first-order valence-electron chi connectivity index (χ1n) is 6.69. The molecule has 3 atom stereocenters. The van der Waals surface area contributed by atoms with Crippen LogP contribution in [0, 0.1) is 0 Å². The summed E-state index contributed by atoms with van der Waals surface area (Å²) in [7, 11) is 1.70. The molecule has 4 heteroatoms. The van der Waals surface area contributed by atoms with E-state index in [1.807, 2.05) is 4.90 Å². The average Bonchev–Trinajstić information content (AvgIpc) is 2.59. The number of carbonyl (C=O) groups excluding carboxylic acids is 1. The van der Waals surface area contributed by atoms with Crippen LogP contribution < -0.4 is 5.32 Å². The molecule has 17 heavy (non-hydrogen) atoms. The summed E-state index contributed by atoms with van der Waals surface area (Å²) in [4.78, 5) is 14.2. The lowest BCUT2D eigenvalue weighted by Crippen LogP contribution is -2.42. The lowest BCUT2D eigenvalue weighted by molar-refractivity contribution is -0.132. The van der Waals surface area contributed by atoms with Gasteiger partial charge in [0, 0.05) is 19.8 Å². The number of amides is 1. The van der Waals surface area contributed by atoms with Crippen LogP contribution in [0.4, 0.5) is 0 Å².